The average Bonchev–Trinajstić information content (AvgIpc) is 2.36. The van der Waals surface area contributed by atoms with Crippen molar-refractivity contribution in [3.63, 3.8) is 0 Å². The van der Waals surface area contributed by atoms with Gasteiger partial charge in [0.2, 0.25) is 0 Å². The highest BCUT2D eigenvalue weighted by Gasteiger charge is 2.13. The minimum Gasteiger partial charge on any atom is -0.316 e. The maximum Gasteiger partial charge on any atom is 0.160 e. The number of nitrogens with one attached hydrogen (secondary N) is 1. The maximum atomic E-state index is 13.4. The Morgan fingerprint density at radius 2 is 1.68 bits per heavy atom. The van der Waals surface area contributed by atoms with Gasteiger partial charge in [-0.15, -0.1) is 0 Å². The zero-order valence-electron chi connectivity index (χ0n) is 10.1. The molecule has 100 valence electrons. The molecule has 0 bridgehead atoms. The van der Waals surface area contributed by atoms with Crippen molar-refractivity contribution in [1.82, 2.24) is 5.32 Å². The molecule has 0 fully saturated rings. The summed E-state index contributed by atoms with van der Waals surface area (Å²) < 4.78 is 26.5. The molecule has 0 saturated heterocycles. The molecule has 0 heterocycles. The Morgan fingerprint density at radius 1 is 1.00 bits per heavy atom. The van der Waals surface area contributed by atoms with Crippen molar-refractivity contribution in [2.45, 2.75) is 6.54 Å². The summed E-state index contributed by atoms with van der Waals surface area (Å²) in [5, 5.41) is 3.67. The first kappa shape index (κ1) is 14.3. The van der Waals surface area contributed by atoms with Crippen molar-refractivity contribution in [2.24, 2.45) is 0 Å². The van der Waals surface area contributed by atoms with Crippen LogP contribution in [0.5, 0.6) is 0 Å². The third-order valence-corrected chi connectivity index (χ3v) is 3.29. The quantitative estimate of drug-likeness (QED) is 0.813. The van der Waals surface area contributed by atoms with E-state index in [2.05, 4.69) is 5.32 Å². The summed E-state index contributed by atoms with van der Waals surface area (Å²) in [5.74, 6) is -1.90. The summed E-state index contributed by atoms with van der Waals surface area (Å²) in [6.45, 7) is 0.571. The van der Waals surface area contributed by atoms with E-state index in [1.165, 1.54) is 0 Å². The van der Waals surface area contributed by atoms with Gasteiger partial charge in [-0.2, -0.15) is 0 Å². The second-order valence-electron chi connectivity index (χ2n) is 4.08. The van der Waals surface area contributed by atoms with Gasteiger partial charge in [0.25, 0.3) is 0 Å². The van der Waals surface area contributed by atoms with Crippen molar-refractivity contribution >= 4 is 23.2 Å². The highest BCUT2D eigenvalue weighted by atomic mass is 35.5. The van der Waals surface area contributed by atoms with Crippen molar-refractivity contribution in [3.05, 3.63) is 57.6 Å². The van der Waals surface area contributed by atoms with Crippen molar-refractivity contribution in [2.75, 3.05) is 7.05 Å². The molecule has 2 rings (SSSR count). The first-order valence-corrected chi connectivity index (χ1v) is 6.36. The van der Waals surface area contributed by atoms with E-state index < -0.39 is 11.6 Å². The Morgan fingerprint density at radius 3 is 2.37 bits per heavy atom. The van der Waals surface area contributed by atoms with Crippen LogP contribution in [0.4, 0.5) is 8.78 Å². The molecule has 0 unspecified atom stereocenters. The minimum absolute atomic E-state index is 0.151. The summed E-state index contributed by atoms with van der Waals surface area (Å²) in [4.78, 5) is 0. The predicted octanol–water partition coefficient (Wildman–Crippen LogP) is 4.66. The van der Waals surface area contributed by atoms with Gasteiger partial charge in [-0.1, -0.05) is 29.3 Å². The molecule has 0 spiro atoms. The largest absolute Gasteiger partial charge is 0.316 e. The Kier molecular flexibility index (Phi) is 4.40. The van der Waals surface area contributed by atoms with Crippen molar-refractivity contribution in [3.8, 4) is 11.1 Å². The molecule has 0 aliphatic rings. The highest BCUT2D eigenvalue weighted by Crippen LogP contribution is 2.34. The van der Waals surface area contributed by atoms with Gasteiger partial charge in [0.05, 0.1) is 5.02 Å². The number of hydrogen-bond donors (Lipinski definition) is 1. The lowest BCUT2D eigenvalue weighted by Crippen LogP contribution is -2.06. The number of rotatable bonds is 3. The van der Waals surface area contributed by atoms with E-state index >= 15 is 0 Å². The third kappa shape index (κ3) is 3.06. The van der Waals surface area contributed by atoms with Crippen LogP contribution in [0.15, 0.2) is 30.3 Å². The molecule has 0 radical (unpaired) electrons. The van der Waals surface area contributed by atoms with Crippen LogP contribution in [0.1, 0.15) is 5.56 Å². The Labute approximate surface area is 120 Å². The smallest absolute Gasteiger partial charge is 0.160 e. The fourth-order valence-electron chi connectivity index (χ4n) is 1.87. The van der Waals surface area contributed by atoms with Crippen molar-refractivity contribution < 1.29 is 8.78 Å². The summed E-state index contributed by atoms with van der Waals surface area (Å²) in [5.41, 5.74) is 2.01. The van der Waals surface area contributed by atoms with Gasteiger partial charge in [-0.3, -0.25) is 0 Å². The molecule has 0 aliphatic carbocycles. The third-order valence-electron chi connectivity index (χ3n) is 2.74. The predicted molar refractivity (Wildman–Crippen MR) is 74.6 cm³/mol. The molecule has 0 atom stereocenters. The molecular weight excluding hydrogens is 291 g/mol. The zero-order valence-corrected chi connectivity index (χ0v) is 11.6. The van der Waals surface area contributed by atoms with Gasteiger partial charge in [-0.25, -0.2) is 8.78 Å². The van der Waals surface area contributed by atoms with Crippen LogP contribution >= 0.6 is 23.2 Å². The second kappa shape index (κ2) is 5.87. The molecular formula is C14H11Cl2F2N. The van der Waals surface area contributed by atoms with E-state index in [1.807, 2.05) is 6.07 Å². The van der Waals surface area contributed by atoms with Crippen LogP contribution in [0, 0.1) is 11.6 Å². The van der Waals surface area contributed by atoms with E-state index in [4.69, 9.17) is 23.2 Å². The minimum atomic E-state index is -0.967. The molecule has 0 aliphatic heterocycles. The molecule has 1 nitrogen and oxygen atoms in total. The summed E-state index contributed by atoms with van der Waals surface area (Å²) in [6.07, 6.45) is 0. The van der Waals surface area contributed by atoms with E-state index in [0.717, 1.165) is 17.7 Å². The molecule has 0 saturated carbocycles. The van der Waals surface area contributed by atoms with Gasteiger partial charge in [0, 0.05) is 17.1 Å². The normalized spacial score (nSPS) is 10.8. The molecule has 0 aromatic heterocycles. The van der Waals surface area contributed by atoms with Crippen LogP contribution in [-0.4, -0.2) is 7.05 Å². The topological polar surface area (TPSA) is 12.0 Å². The fourth-order valence-corrected chi connectivity index (χ4v) is 2.30. The number of benzene rings is 2. The average molecular weight is 302 g/mol. The second-order valence-corrected chi connectivity index (χ2v) is 4.92. The summed E-state index contributed by atoms with van der Waals surface area (Å²) in [6, 6.07) is 7.31. The van der Waals surface area contributed by atoms with Crippen LogP contribution in [-0.2, 0) is 6.54 Å². The van der Waals surface area contributed by atoms with Crippen molar-refractivity contribution in [1.29, 1.82) is 0 Å². The van der Waals surface area contributed by atoms with Gasteiger partial charge >= 0.3 is 0 Å². The lowest BCUT2D eigenvalue weighted by Gasteiger charge is -2.12. The van der Waals surface area contributed by atoms with E-state index in [0.29, 0.717) is 22.7 Å². The molecule has 5 heteroatoms. The standard InChI is InChI=1S/C14H11Cl2F2N/c1-19-7-8-2-3-9(15)4-10(8)11-5-13(17)14(18)6-12(11)16/h2-6,19H,7H2,1H3. The number of hydrogen-bond acceptors (Lipinski definition) is 1. The molecule has 2 aromatic carbocycles. The molecule has 0 amide bonds. The van der Waals surface area contributed by atoms with Crippen LogP contribution in [0.25, 0.3) is 11.1 Å². The van der Waals surface area contributed by atoms with Gasteiger partial charge in [-0.05, 0) is 42.4 Å². The van der Waals surface area contributed by atoms with Gasteiger partial charge in [0.15, 0.2) is 11.6 Å². The Hall–Kier alpha value is -1.16. The van der Waals surface area contributed by atoms with Crippen LogP contribution in [0.2, 0.25) is 10.0 Å². The first-order valence-electron chi connectivity index (χ1n) is 5.61. The monoisotopic (exact) mass is 301 g/mol. The highest BCUT2D eigenvalue weighted by molar-refractivity contribution is 6.34. The number of halogens is 4. The van der Waals surface area contributed by atoms with E-state index in [-0.39, 0.29) is 5.02 Å². The SMILES string of the molecule is CNCc1ccc(Cl)cc1-c1cc(F)c(F)cc1Cl. The van der Waals surface area contributed by atoms with Crippen LogP contribution < -0.4 is 5.32 Å². The summed E-state index contributed by atoms with van der Waals surface area (Å²) in [7, 11) is 1.80. The van der Waals surface area contributed by atoms with E-state index in [9.17, 15) is 8.78 Å². The fraction of sp³-hybridized carbons (Fsp3) is 0.143. The first-order chi connectivity index (χ1) is 9.02. The lowest BCUT2D eigenvalue weighted by molar-refractivity contribution is 0.509. The van der Waals surface area contributed by atoms with Crippen LogP contribution in [0.3, 0.4) is 0 Å². The zero-order chi connectivity index (χ0) is 14.0. The van der Waals surface area contributed by atoms with E-state index in [1.54, 1.807) is 19.2 Å². The summed E-state index contributed by atoms with van der Waals surface area (Å²) >= 11 is 11.9. The van der Waals surface area contributed by atoms with Gasteiger partial charge < -0.3 is 5.32 Å². The molecule has 19 heavy (non-hydrogen) atoms. The molecule has 2 aromatic rings. The Balaban J connectivity index is 2.63. The lowest BCUT2D eigenvalue weighted by atomic mass is 9.99. The molecule has 1 N–H and O–H groups in total. The maximum absolute atomic E-state index is 13.4. The van der Waals surface area contributed by atoms with Gasteiger partial charge in [0.1, 0.15) is 0 Å². The Bertz CT molecular complexity index is 615.